The molecular formula is C27H25F4N3O2. The molecule has 1 unspecified atom stereocenters. The van der Waals surface area contributed by atoms with Crippen LogP contribution in [0.5, 0.6) is 11.5 Å². The summed E-state index contributed by atoms with van der Waals surface area (Å²) in [5, 5.41) is 2.69. The molecule has 2 heterocycles. The number of alkyl halides is 2. The van der Waals surface area contributed by atoms with Gasteiger partial charge in [0, 0.05) is 24.7 Å². The minimum absolute atomic E-state index is 0.131. The third-order valence-corrected chi connectivity index (χ3v) is 6.46. The van der Waals surface area contributed by atoms with E-state index in [2.05, 4.69) is 10.3 Å². The highest BCUT2D eigenvalue weighted by Gasteiger charge is 2.41. The Balaban J connectivity index is 1.38. The first-order valence-electron chi connectivity index (χ1n) is 11.9. The van der Waals surface area contributed by atoms with Gasteiger partial charge in [-0.05, 0) is 67.1 Å². The van der Waals surface area contributed by atoms with Crippen LogP contribution in [0.3, 0.4) is 0 Å². The molecule has 1 fully saturated rings. The van der Waals surface area contributed by atoms with Crippen LogP contribution in [0, 0.1) is 17.6 Å². The number of aromatic nitrogens is 1. The smallest absolute Gasteiger partial charge is 0.254 e. The number of ether oxygens (including phenoxy) is 1. The van der Waals surface area contributed by atoms with Gasteiger partial charge in [0.05, 0.1) is 24.0 Å². The molecule has 1 aromatic heterocycles. The zero-order valence-corrected chi connectivity index (χ0v) is 19.4. The van der Waals surface area contributed by atoms with Crippen molar-refractivity contribution in [1.82, 2.24) is 15.2 Å². The maximum absolute atomic E-state index is 14.1. The SMILES string of the molecule is O=C1c2cc(Oc3ccc(F)cc3F)ccc2CCN1C(c1cccc(CNCC(F)F)n1)C1CC1. The molecule has 0 bridgehead atoms. The molecule has 1 saturated carbocycles. The number of hydrogen-bond donors (Lipinski definition) is 1. The molecule has 2 aromatic carbocycles. The van der Waals surface area contributed by atoms with Gasteiger partial charge in [0.15, 0.2) is 11.6 Å². The summed E-state index contributed by atoms with van der Waals surface area (Å²) in [6.07, 6.45) is 0.158. The van der Waals surface area contributed by atoms with E-state index in [1.807, 2.05) is 17.0 Å². The van der Waals surface area contributed by atoms with Gasteiger partial charge in [0.25, 0.3) is 12.3 Å². The van der Waals surface area contributed by atoms with Crippen LogP contribution in [0.2, 0.25) is 0 Å². The summed E-state index contributed by atoms with van der Waals surface area (Å²) in [6.45, 7) is 0.327. The predicted molar refractivity (Wildman–Crippen MR) is 125 cm³/mol. The second-order valence-corrected chi connectivity index (χ2v) is 9.10. The van der Waals surface area contributed by atoms with Gasteiger partial charge in [-0.2, -0.15) is 0 Å². The molecule has 9 heteroatoms. The summed E-state index contributed by atoms with van der Waals surface area (Å²) in [7, 11) is 0. The highest BCUT2D eigenvalue weighted by atomic mass is 19.3. The lowest BCUT2D eigenvalue weighted by atomic mass is 9.95. The summed E-state index contributed by atoms with van der Waals surface area (Å²) >= 11 is 0. The molecule has 1 atom stereocenters. The zero-order valence-electron chi connectivity index (χ0n) is 19.4. The van der Waals surface area contributed by atoms with Gasteiger partial charge in [0.2, 0.25) is 0 Å². The summed E-state index contributed by atoms with van der Waals surface area (Å²) in [6, 6.07) is 13.4. The fourth-order valence-corrected chi connectivity index (χ4v) is 4.62. The van der Waals surface area contributed by atoms with Crippen molar-refractivity contribution in [3.8, 4) is 11.5 Å². The Bertz CT molecular complexity index is 1270. The van der Waals surface area contributed by atoms with Crippen LogP contribution in [-0.2, 0) is 13.0 Å². The number of hydrogen-bond acceptors (Lipinski definition) is 4. The van der Waals surface area contributed by atoms with Gasteiger partial charge >= 0.3 is 0 Å². The van der Waals surface area contributed by atoms with Gasteiger partial charge in [-0.25, -0.2) is 17.6 Å². The van der Waals surface area contributed by atoms with Crippen LogP contribution >= 0.6 is 0 Å². The Hall–Kier alpha value is -3.46. The van der Waals surface area contributed by atoms with Crippen molar-refractivity contribution in [2.24, 2.45) is 5.92 Å². The van der Waals surface area contributed by atoms with Crippen molar-refractivity contribution in [3.63, 3.8) is 0 Å². The fraction of sp³-hybridized carbons (Fsp3) is 0.333. The van der Waals surface area contributed by atoms with Crippen LogP contribution in [0.15, 0.2) is 54.6 Å². The predicted octanol–water partition coefficient (Wildman–Crippen LogP) is 5.66. The number of rotatable bonds is 9. The quantitative estimate of drug-likeness (QED) is 0.386. The molecule has 1 N–H and O–H groups in total. The third kappa shape index (κ3) is 5.36. The van der Waals surface area contributed by atoms with Gasteiger partial charge in [-0.1, -0.05) is 12.1 Å². The number of nitrogens with zero attached hydrogens (tertiary/aromatic N) is 2. The van der Waals surface area contributed by atoms with Crippen molar-refractivity contribution in [1.29, 1.82) is 0 Å². The van der Waals surface area contributed by atoms with E-state index < -0.39 is 24.6 Å². The number of halogens is 4. The Morgan fingerprint density at radius 2 is 1.92 bits per heavy atom. The standard InChI is InChI=1S/C27H25F4N3O2/c28-18-7-9-24(22(29)12-18)36-20-8-6-16-10-11-34(27(35)21(16)13-20)26(17-4-5-17)23-3-1-2-19(33-23)14-32-15-25(30)31/h1-3,6-9,12-13,17,25-26,32H,4-5,10-11,14-15H2. The molecule has 36 heavy (non-hydrogen) atoms. The van der Waals surface area contributed by atoms with E-state index in [4.69, 9.17) is 4.74 Å². The van der Waals surface area contributed by atoms with Crippen LogP contribution < -0.4 is 10.1 Å². The van der Waals surface area contributed by atoms with Crippen LogP contribution in [0.4, 0.5) is 17.6 Å². The maximum atomic E-state index is 14.1. The molecule has 1 amide bonds. The van der Waals surface area contributed by atoms with Gasteiger partial charge in [0.1, 0.15) is 11.6 Å². The Labute approximate surface area is 206 Å². The van der Waals surface area contributed by atoms with E-state index in [-0.39, 0.29) is 35.9 Å². The van der Waals surface area contributed by atoms with E-state index >= 15 is 0 Å². The van der Waals surface area contributed by atoms with Crippen molar-refractivity contribution in [2.45, 2.75) is 38.3 Å². The molecule has 3 aromatic rings. The van der Waals surface area contributed by atoms with Crippen LogP contribution in [0.1, 0.15) is 46.2 Å². The molecular weight excluding hydrogens is 474 g/mol. The topological polar surface area (TPSA) is 54.5 Å². The van der Waals surface area contributed by atoms with Crippen molar-refractivity contribution in [3.05, 3.63) is 88.7 Å². The number of benzene rings is 2. The number of pyridine rings is 1. The van der Waals surface area contributed by atoms with Crippen molar-refractivity contribution < 1.29 is 27.1 Å². The summed E-state index contributed by atoms with van der Waals surface area (Å²) in [5.41, 5.74) is 2.73. The first kappa shape index (κ1) is 24.2. The van der Waals surface area contributed by atoms with Crippen LogP contribution in [0.25, 0.3) is 0 Å². The Kier molecular flexibility index (Phi) is 6.91. The molecule has 5 rings (SSSR count). The number of carbonyl (C=O) groups is 1. The monoisotopic (exact) mass is 499 g/mol. The van der Waals surface area contributed by atoms with E-state index in [0.29, 0.717) is 24.2 Å². The zero-order chi connectivity index (χ0) is 25.2. The molecule has 0 spiro atoms. The summed E-state index contributed by atoms with van der Waals surface area (Å²) in [4.78, 5) is 20.1. The number of carbonyl (C=O) groups excluding carboxylic acids is 1. The molecule has 1 aliphatic heterocycles. The highest BCUT2D eigenvalue weighted by molar-refractivity contribution is 5.97. The molecule has 0 radical (unpaired) electrons. The third-order valence-electron chi connectivity index (χ3n) is 6.46. The van der Waals surface area contributed by atoms with Crippen molar-refractivity contribution in [2.75, 3.05) is 13.1 Å². The molecule has 2 aliphatic rings. The average Bonchev–Trinajstić information content (AvgIpc) is 3.68. The van der Waals surface area contributed by atoms with Gasteiger partial charge in [-0.3, -0.25) is 9.78 Å². The second kappa shape index (κ2) is 10.3. The van der Waals surface area contributed by atoms with Crippen LogP contribution in [-0.4, -0.2) is 35.3 Å². The van der Waals surface area contributed by atoms with E-state index in [1.165, 1.54) is 6.07 Å². The highest BCUT2D eigenvalue weighted by Crippen LogP contribution is 2.45. The Morgan fingerprint density at radius 3 is 2.67 bits per heavy atom. The maximum Gasteiger partial charge on any atom is 0.254 e. The lowest BCUT2D eigenvalue weighted by Crippen LogP contribution is -2.41. The first-order valence-corrected chi connectivity index (χ1v) is 11.9. The van der Waals surface area contributed by atoms with E-state index in [0.717, 1.165) is 36.2 Å². The average molecular weight is 500 g/mol. The molecule has 1 aliphatic carbocycles. The van der Waals surface area contributed by atoms with E-state index in [1.54, 1.807) is 24.3 Å². The van der Waals surface area contributed by atoms with E-state index in [9.17, 15) is 22.4 Å². The minimum Gasteiger partial charge on any atom is -0.454 e. The minimum atomic E-state index is -2.44. The summed E-state index contributed by atoms with van der Waals surface area (Å²) < 4.78 is 57.9. The van der Waals surface area contributed by atoms with Gasteiger partial charge in [-0.15, -0.1) is 0 Å². The lowest BCUT2D eigenvalue weighted by molar-refractivity contribution is 0.0627. The first-order chi connectivity index (χ1) is 17.4. The molecule has 5 nitrogen and oxygen atoms in total. The Morgan fingerprint density at radius 1 is 1.08 bits per heavy atom. The molecule has 0 saturated heterocycles. The van der Waals surface area contributed by atoms with Gasteiger partial charge < -0.3 is 15.0 Å². The second-order valence-electron chi connectivity index (χ2n) is 9.10. The van der Waals surface area contributed by atoms with Crippen molar-refractivity contribution >= 4 is 5.91 Å². The lowest BCUT2D eigenvalue weighted by Gasteiger charge is -2.36. The molecule has 188 valence electrons. The summed E-state index contributed by atoms with van der Waals surface area (Å²) in [5.74, 6) is -1.27. The number of fused-ring (bicyclic) bond motifs is 1. The normalized spacial score (nSPS) is 16.2. The largest absolute Gasteiger partial charge is 0.454 e. The number of amides is 1. The number of nitrogens with one attached hydrogen (secondary N) is 1. The fourth-order valence-electron chi connectivity index (χ4n) is 4.62.